The zero-order chi connectivity index (χ0) is 41.0. The molecule has 6 aliphatic rings. The number of hydrogen-bond acceptors (Lipinski definition) is 18. The van der Waals surface area contributed by atoms with Gasteiger partial charge in [-0.15, -0.1) is 0 Å². The minimum atomic E-state index is -0.770. The van der Waals surface area contributed by atoms with Crippen LogP contribution < -0.4 is 74.9 Å². The van der Waals surface area contributed by atoms with E-state index in [1.165, 1.54) is 6.42 Å². The number of azo groups is 3. The zero-order valence-corrected chi connectivity index (χ0v) is 42.1. The molecule has 6 aliphatic carbocycles. The van der Waals surface area contributed by atoms with Crippen molar-refractivity contribution in [3.63, 3.8) is 0 Å². The smallest absolute Gasteiger partial charge is 0.691 e. The number of amides is 1. The fourth-order valence-corrected chi connectivity index (χ4v) is 12.0. The van der Waals surface area contributed by atoms with Gasteiger partial charge in [0.15, 0.2) is 0 Å². The number of carbonyl (C=O) groups is 1. The van der Waals surface area contributed by atoms with Crippen molar-refractivity contribution in [1.82, 2.24) is 5.32 Å². The molecule has 330 valence electrons. The van der Waals surface area contributed by atoms with Crippen molar-refractivity contribution in [3.05, 3.63) is 0 Å². The normalized spacial score (nSPS) is 40.5. The first-order chi connectivity index (χ1) is 28.2. The van der Waals surface area contributed by atoms with Gasteiger partial charge in [0, 0.05) is 68.4 Å². The van der Waals surface area contributed by atoms with E-state index in [9.17, 15) is 20.4 Å². The molecule has 14 atom stereocenters. The van der Waals surface area contributed by atoms with E-state index in [-0.39, 0.29) is 154 Å². The Kier molecular flexibility index (Phi) is 24.2. The van der Waals surface area contributed by atoms with Crippen LogP contribution in [0, 0.1) is 29.6 Å². The molecule has 6 fully saturated rings. The van der Waals surface area contributed by atoms with Crippen molar-refractivity contribution in [3.8, 4) is 0 Å². The summed E-state index contributed by atoms with van der Waals surface area (Å²) in [7, 11) is 3.40. The van der Waals surface area contributed by atoms with Crippen LogP contribution in [0.3, 0.4) is 0 Å². The quantitative estimate of drug-likeness (QED) is 0.0673. The number of hydrogen-bond donors (Lipinski definition) is 2. The minimum absolute atomic E-state index is 0. The Morgan fingerprint density at radius 1 is 0.650 bits per heavy atom. The Morgan fingerprint density at radius 2 is 1.22 bits per heavy atom. The van der Waals surface area contributed by atoms with Gasteiger partial charge in [0.05, 0.1) is 53.8 Å². The maximum atomic E-state index is 13.0. The van der Waals surface area contributed by atoms with Gasteiger partial charge in [0.1, 0.15) is 6.04 Å². The van der Waals surface area contributed by atoms with E-state index in [4.69, 9.17) is 44.5 Å². The summed E-state index contributed by atoms with van der Waals surface area (Å²) in [5.74, 6) is 0.873. The Morgan fingerprint density at radius 3 is 1.82 bits per heavy atom. The molecule has 0 heterocycles. The summed E-state index contributed by atoms with van der Waals surface area (Å²) in [6.45, 7) is 4.35. The van der Waals surface area contributed by atoms with E-state index in [0.717, 1.165) is 108 Å². The summed E-state index contributed by atoms with van der Waals surface area (Å²) in [6, 6.07) is -0.647. The molecule has 0 radical (unpaired) electrons. The maximum absolute atomic E-state index is 13.0. The van der Waals surface area contributed by atoms with Crippen LogP contribution in [-0.2, 0) is 33.0 Å². The Labute approximate surface area is 408 Å². The largest absolute Gasteiger partial charge is 1.00 e. The van der Waals surface area contributed by atoms with Crippen molar-refractivity contribution in [2.45, 2.75) is 194 Å². The van der Waals surface area contributed by atoms with E-state index >= 15 is 0 Å². The second kappa shape index (κ2) is 27.3. The van der Waals surface area contributed by atoms with Gasteiger partial charge in [-0.05, 0) is 101 Å². The van der Waals surface area contributed by atoms with Gasteiger partial charge in [-0.2, -0.15) is 39.4 Å². The summed E-state index contributed by atoms with van der Waals surface area (Å²) < 4.78 is 21.2. The van der Waals surface area contributed by atoms with Crippen molar-refractivity contribution in [1.29, 1.82) is 0 Å². The third-order valence-electron chi connectivity index (χ3n) is 14.1. The molecule has 1 amide bonds. The molecular formula is C39H65N7Na2O10S2. The first-order valence-corrected chi connectivity index (χ1v) is 23.3. The zero-order valence-electron chi connectivity index (χ0n) is 36.5. The monoisotopic (exact) mass is 901 g/mol. The molecule has 0 aromatic heterocycles. The van der Waals surface area contributed by atoms with E-state index in [0.29, 0.717) is 19.3 Å². The summed E-state index contributed by atoms with van der Waals surface area (Å²) in [4.78, 5) is 13.0. The maximum Gasteiger partial charge on any atom is 1.00 e. The summed E-state index contributed by atoms with van der Waals surface area (Å²) in [5, 5.41) is 72.1. The molecule has 60 heavy (non-hydrogen) atoms. The second-order valence-corrected chi connectivity index (χ2v) is 19.8. The van der Waals surface area contributed by atoms with Crippen LogP contribution in [-0.4, -0.2) is 96.3 Å². The third kappa shape index (κ3) is 14.8. The van der Waals surface area contributed by atoms with Crippen LogP contribution in [0.4, 0.5) is 0 Å². The first-order valence-electron chi connectivity index (χ1n) is 21.7. The third-order valence-corrected chi connectivity index (χ3v) is 15.9. The van der Waals surface area contributed by atoms with E-state index in [1.54, 1.807) is 14.2 Å². The molecule has 6 saturated carbocycles. The van der Waals surface area contributed by atoms with Gasteiger partial charge in [0.2, 0.25) is 5.91 Å². The number of aliphatic hydroxyl groups excluding tert-OH is 1. The van der Waals surface area contributed by atoms with Gasteiger partial charge in [0.25, 0.3) is 0 Å². The van der Waals surface area contributed by atoms with Gasteiger partial charge < -0.3 is 30.4 Å². The van der Waals surface area contributed by atoms with Crippen molar-refractivity contribution in [2.24, 2.45) is 60.3 Å². The first kappa shape index (κ1) is 53.2. The van der Waals surface area contributed by atoms with Crippen LogP contribution >= 0.6 is 24.1 Å². The van der Waals surface area contributed by atoms with Crippen LogP contribution in [0.25, 0.3) is 0 Å². The fourth-order valence-electron chi connectivity index (χ4n) is 10.6. The number of ether oxygens (including phenoxy) is 2. The van der Waals surface area contributed by atoms with Crippen molar-refractivity contribution >= 4 is 30.0 Å². The standard InChI is InChI=1S/C39H67N7O10S2.2Na/c1-22-16-32(34(51-3)20-30(22)42-41-26-10-13-28(14-11-26)57-55-53-49)44-43-31-21-35(52-4)33(17-23(31)2)45-46-37-36(58-56-54-50)19-25-18-27(12-15-29(25)38(37)47)40-39(48)24-8-6-5-7-9-24;;/h22-38,47,49-50H,5-21H2,1-4H3,(H,40,48);;/q;2*+1/p-2. The number of fused-ring (bicyclic) bond motifs is 1. The average molecular weight is 902 g/mol. The topological polar surface area (TPSA) is 225 Å². The predicted molar refractivity (Wildman–Crippen MR) is 211 cm³/mol. The molecule has 14 unspecified atom stereocenters. The molecule has 0 aromatic carbocycles. The van der Waals surface area contributed by atoms with Gasteiger partial charge in [-0.3, -0.25) is 14.9 Å². The molecule has 21 heteroatoms. The predicted octanol–water partition coefficient (Wildman–Crippen LogP) is -0.247. The fraction of sp³-hybridized carbons (Fsp3) is 0.974. The number of methoxy groups -OCH3 is 2. The van der Waals surface area contributed by atoms with Gasteiger partial charge in [-0.1, -0.05) is 33.1 Å². The molecule has 2 N–H and O–H groups in total. The number of nitrogens with one attached hydrogen (secondary N) is 1. The molecule has 0 spiro atoms. The van der Waals surface area contributed by atoms with E-state index in [2.05, 4.69) is 33.6 Å². The summed E-state index contributed by atoms with van der Waals surface area (Å²) >= 11 is 1.99. The number of nitrogens with zero attached hydrogens (tertiary/aromatic N) is 6. The molecule has 17 nitrogen and oxygen atoms in total. The molecular weight excluding hydrogens is 837 g/mol. The molecule has 0 aromatic rings. The Hall–Kier alpha value is 0.610. The SMILES string of the molecule is COC1CC(N=NC2CCC(SOO[O-])CC2)C(C)CC1N=NC1CC(OC)C(N=NC2C(SOO[O-])CC3CC(NC(=O)C4CCCCC4)CCC3C2O)CC1C.[Na+].[Na+]. The Bertz CT molecular complexity index is 1360. The average Bonchev–Trinajstić information content (AvgIpc) is 3.24. The van der Waals surface area contributed by atoms with E-state index in [1.807, 2.05) is 0 Å². The molecule has 0 aliphatic heterocycles. The van der Waals surface area contributed by atoms with Gasteiger partial charge >= 0.3 is 59.1 Å². The van der Waals surface area contributed by atoms with E-state index < -0.39 is 12.1 Å². The molecule has 0 saturated heterocycles. The summed E-state index contributed by atoms with van der Waals surface area (Å²) in [6.07, 6.45) is 13.7. The van der Waals surface area contributed by atoms with Crippen LogP contribution in [0.5, 0.6) is 0 Å². The number of rotatable bonds is 16. The van der Waals surface area contributed by atoms with Crippen LogP contribution in [0.1, 0.15) is 123 Å². The minimum Gasteiger partial charge on any atom is -0.691 e. The van der Waals surface area contributed by atoms with Crippen molar-refractivity contribution < 1.29 is 108 Å². The molecule has 0 bridgehead atoms. The van der Waals surface area contributed by atoms with Gasteiger partial charge in [-0.25, -0.2) is 0 Å². The number of aliphatic hydroxyl groups is 1. The number of carbonyl (C=O) groups excluding carboxylic acids is 1. The summed E-state index contributed by atoms with van der Waals surface area (Å²) in [5.41, 5.74) is 0. The van der Waals surface area contributed by atoms with Crippen LogP contribution in [0.2, 0.25) is 0 Å². The van der Waals surface area contributed by atoms with Crippen molar-refractivity contribution in [2.75, 3.05) is 14.2 Å². The Balaban J connectivity index is 0.00000397. The van der Waals surface area contributed by atoms with Crippen LogP contribution in [0.15, 0.2) is 30.7 Å². The second-order valence-electron chi connectivity index (χ2n) is 17.8. The molecule has 6 rings (SSSR count).